The van der Waals surface area contributed by atoms with Gasteiger partial charge in [0.25, 0.3) is 0 Å². The van der Waals surface area contributed by atoms with Gasteiger partial charge in [-0.25, -0.2) is 4.98 Å². The van der Waals surface area contributed by atoms with Crippen LogP contribution < -0.4 is 14.8 Å². The monoisotopic (exact) mass is 383 g/mol. The van der Waals surface area contributed by atoms with E-state index in [1.807, 2.05) is 45.0 Å². The van der Waals surface area contributed by atoms with E-state index in [4.69, 9.17) is 9.47 Å². The van der Waals surface area contributed by atoms with Gasteiger partial charge in [0.2, 0.25) is 5.91 Å². The van der Waals surface area contributed by atoms with Crippen molar-refractivity contribution in [1.82, 2.24) is 10.3 Å². The van der Waals surface area contributed by atoms with Crippen LogP contribution in [0.4, 0.5) is 0 Å². The number of nitriles is 1. The Hall–Kier alpha value is -2.72. The van der Waals surface area contributed by atoms with Gasteiger partial charge in [0.05, 0.1) is 17.4 Å². The number of carbonyl (C=O) groups excluding carboxylic acids is 1. The van der Waals surface area contributed by atoms with Crippen LogP contribution >= 0.6 is 11.8 Å². The SMILES string of the molecule is Cc1cc(C)c(C#N)c(SCC(=O)N[C@@H](C)c2ccc3c(c2)OCCO3)n1. The second-order valence-corrected chi connectivity index (χ2v) is 7.32. The molecule has 1 aromatic carbocycles. The number of aromatic nitrogens is 1. The van der Waals surface area contributed by atoms with E-state index in [1.54, 1.807) is 0 Å². The van der Waals surface area contributed by atoms with E-state index in [1.165, 1.54) is 11.8 Å². The summed E-state index contributed by atoms with van der Waals surface area (Å²) in [5, 5.41) is 12.9. The highest BCUT2D eigenvalue weighted by Gasteiger charge is 2.17. The Labute approximate surface area is 162 Å². The van der Waals surface area contributed by atoms with Crippen molar-refractivity contribution in [2.75, 3.05) is 19.0 Å². The highest BCUT2D eigenvalue weighted by atomic mass is 32.2. The highest BCUT2D eigenvalue weighted by Crippen LogP contribution is 2.32. The zero-order valence-corrected chi connectivity index (χ0v) is 16.4. The second kappa shape index (κ2) is 8.31. The number of pyridine rings is 1. The number of nitrogens with one attached hydrogen (secondary N) is 1. The summed E-state index contributed by atoms with van der Waals surface area (Å²) in [5.41, 5.74) is 3.18. The van der Waals surface area contributed by atoms with Crippen LogP contribution in [0.25, 0.3) is 0 Å². The molecule has 6 nitrogen and oxygen atoms in total. The first kappa shape index (κ1) is 19.1. The standard InChI is InChI=1S/C20H21N3O3S/c1-12-8-13(2)22-20(16(12)10-21)27-11-19(24)23-14(3)15-4-5-17-18(9-15)26-7-6-25-17/h4-5,8-9,14H,6-7,11H2,1-3H3,(H,23,24)/t14-/m0/s1. The van der Waals surface area contributed by atoms with E-state index in [-0.39, 0.29) is 17.7 Å². The smallest absolute Gasteiger partial charge is 0.230 e. The number of carbonyl (C=O) groups is 1. The van der Waals surface area contributed by atoms with Crippen LogP contribution in [0.2, 0.25) is 0 Å². The lowest BCUT2D eigenvalue weighted by molar-refractivity contribution is -0.119. The topological polar surface area (TPSA) is 84.2 Å². The third-order valence-corrected chi connectivity index (χ3v) is 5.18. The Balaban J connectivity index is 1.62. The number of rotatable bonds is 5. The minimum absolute atomic E-state index is 0.118. The molecule has 1 aromatic heterocycles. The Morgan fingerprint density at radius 1 is 1.30 bits per heavy atom. The molecule has 0 saturated heterocycles. The van der Waals surface area contributed by atoms with E-state index >= 15 is 0 Å². The summed E-state index contributed by atoms with van der Waals surface area (Å²) in [5.74, 6) is 1.50. The van der Waals surface area contributed by atoms with Crippen molar-refractivity contribution in [2.24, 2.45) is 0 Å². The third kappa shape index (κ3) is 4.52. The average Bonchev–Trinajstić information content (AvgIpc) is 2.65. The molecule has 1 aliphatic heterocycles. The quantitative estimate of drug-likeness (QED) is 0.798. The van der Waals surface area contributed by atoms with E-state index in [0.29, 0.717) is 29.6 Å². The molecule has 0 saturated carbocycles. The molecule has 0 bridgehead atoms. The fourth-order valence-electron chi connectivity index (χ4n) is 2.87. The predicted molar refractivity (Wildman–Crippen MR) is 103 cm³/mol. The lowest BCUT2D eigenvalue weighted by Gasteiger charge is -2.21. The number of nitrogens with zero attached hydrogens (tertiary/aromatic N) is 2. The number of hydrogen-bond acceptors (Lipinski definition) is 6. The minimum atomic E-state index is -0.170. The van der Waals surface area contributed by atoms with Crippen molar-refractivity contribution in [3.8, 4) is 17.6 Å². The zero-order valence-electron chi connectivity index (χ0n) is 15.5. The maximum atomic E-state index is 12.4. The molecule has 0 unspecified atom stereocenters. The van der Waals surface area contributed by atoms with E-state index in [0.717, 1.165) is 22.6 Å². The third-order valence-electron chi connectivity index (χ3n) is 4.21. The average molecular weight is 383 g/mol. The van der Waals surface area contributed by atoms with Gasteiger partial charge < -0.3 is 14.8 Å². The van der Waals surface area contributed by atoms with Crippen LogP contribution in [0.3, 0.4) is 0 Å². The van der Waals surface area contributed by atoms with Crippen LogP contribution in [0.1, 0.15) is 35.3 Å². The van der Waals surface area contributed by atoms with Gasteiger partial charge in [-0.1, -0.05) is 17.8 Å². The summed E-state index contributed by atoms with van der Waals surface area (Å²) in [6.07, 6.45) is 0. The number of aryl methyl sites for hydroxylation is 2. The van der Waals surface area contributed by atoms with Crippen LogP contribution in [0.15, 0.2) is 29.3 Å². The first-order valence-corrected chi connectivity index (χ1v) is 9.66. The molecule has 3 rings (SSSR count). The van der Waals surface area contributed by atoms with Crippen molar-refractivity contribution in [1.29, 1.82) is 5.26 Å². The second-order valence-electron chi connectivity index (χ2n) is 6.35. The molecule has 27 heavy (non-hydrogen) atoms. The first-order valence-electron chi connectivity index (χ1n) is 8.68. The fourth-order valence-corrected chi connectivity index (χ4v) is 3.78. The van der Waals surface area contributed by atoms with Crippen LogP contribution in [-0.4, -0.2) is 29.9 Å². The van der Waals surface area contributed by atoms with Gasteiger partial charge in [-0.2, -0.15) is 5.26 Å². The summed E-state index contributed by atoms with van der Waals surface area (Å²) < 4.78 is 11.1. The normalized spacial score (nSPS) is 13.6. The molecule has 0 radical (unpaired) electrons. The maximum Gasteiger partial charge on any atom is 0.230 e. The molecule has 2 heterocycles. The van der Waals surface area contributed by atoms with Crippen molar-refractivity contribution in [2.45, 2.75) is 31.8 Å². The van der Waals surface area contributed by atoms with Crippen LogP contribution in [-0.2, 0) is 4.79 Å². The molecule has 0 fully saturated rings. The number of thioether (sulfide) groups is 1. The van der Waals surface area contributed by atoms with Gasteiger partial charge >= 0.3 is 0 Å². The molecule has 1 aliphatic rings. The molecule has 0 spiro atoms. The summed E-state index contributed by atoms with van der Waals surface area (Å²) in [6.45, 7) is 6.75. The van der Waals surface area contributed by atoms with Gasteiger partial charge in [-0.3, -0.25) is 4.79 Å². The Morgan fingerprint density at radius 3 is 2.78 bits per heavy atom. The molecule has 1 N–H and O–H groups in total. The van der Waals surface area contributed by atoms with Crippen LogP contribution in [0.5, 0.6) is 11.5 Å². The summed E-state index contributed by atoms with van der Waals surface area (Å²) in [6, 6.07) is 9.54. The molecular formula is C20H21N3O3S. The van der Waals surface area contributed by atoms with Gasteiger partial charge in [0, 0.05) is 5.69 Å². The Morgan fingerprint density at radius 2 is 2.04 bits per heavy atom. The lowest BCUT2D eigenvalue weighted by atomic mass is 10.1. The van der Waals surface area contributed by atoms with E-state index in [2.05, 4.69) is 16.4 Å². The van der Waals surface area contributed by atoms with Gasteiger partial charge in [-0.15, -0.1) is 0 Å². The van der Waals surface area contributed by atoms with Crippen molar-refractivity contribution < 1.29 is 14.3 Å². The number of benzene rings is 1. The minimum Gasteiger partial charge on any atom is -0.486 e. The molecule has 140 valence electrons. The van der Waals surface area contributed by atoms with Crippen molar-refractivity contribution in [3.63, 3.8) is 0 Å². The number of amides is 1. The number of ether oxygens (including phenoxy) is 2. The maximum absolute atomic E-state index is 12.4. The van der Waals surface area contributed by atoms with E-state index < -0.39 is 0 Å². The fraction of sp³-hybridized carbons (Fsp3) is 0.350. The Kier molecular flexibility index (Phi) is 5.87. The van der Waals surface area contributed by atoms with Crippen LogP contribution in [0, 0.1) is 25.2 Å². The van der Waals surface area contributed by atoms with E-state index in [9.17, 15) is 10.1 Å². The molecule has 1 amide bonds. The largest absolute Gasteiger partial charge is 0.486 e. The van der Waals surface area contributed by atoms with Crippen molar-refractivity contribution >= 4 is 17.7 Å². The summed E-state index contributed by atoms with van der Waals surface area (Å²) in [4.78, 5) is 16.8. The highest BCUT2D eigenvalue weighted by molar-refractivity contribution is 8.00. The molecular weight excluding hydrogens is 362 g/mol. The molecule has 0 aliphatic carbocycles. The van der Waals surface area contributed by atoms with Gasteiger partial charge in [-0.05, 0) is 50.1 Å². The molecule has 7 heteroatoms. The summed E-state index contributed by atoms with van der Waals surface area (Å²) >= 11 is 1.28. The zero-order chi connectivity index (χ0) is 19.4. The molecule has 1 atom stereocenters. The number of fused-ring (bicyclic) bond motifs is 1. The predicted octanol–water partition coefficient (Wildman–Crippen LogP) is 3.31. The van der Waals surface area contributed by atoms with Crippen molar-refractivity contribution in [3.05, 3.63) is 46.6 Å². The Bertz CT molecular complexity index is 908. The van der Waals surface area contributed by atoms with Gasteiger partial charge in [0.1, 0.15) is 24.3 Å². The first-order chi connectivity index (χ1) is 13.0. The number of hydrogen-bond donors (Lipinski definition) is 1. The van der Waals surface area contributed by atoms with Gasteiger partial charge in [0.15, 0.2) is 11.5 Å². The lowest BCUT2D eigenvalue weighted by Crippen LogP contribution is -2.28. The summed E-state index contributed by atoms with van der Waals surface area (Å²) in [7, 11) is 0. The molecule has 2 aromatic rings.